The molecule has 1 aromatic rings. The molecular formula is C12H16N4O2. The van der Waals surface area contributed by atoms with E-state index in [4.69, 9.17) is 15.7 Å². The summed E-state index contributed by atoms with van der Waals surface area (Å²) in [7, 11) is 0. The van der Waals surface area contributed by atoms with Gasteiger partial charge >= 0.3 is 0 Å². The average molecular weight is 248 g/mol. The number of morpholine rings is 1. The number of aromatic nitrogens is 1. The van der Waals surface area contributed by atoms with Crippen molar-refractivity contribution in [3.8, 4) is 0 Å². The molecule has 6 heteroatoms. The van der Waals surface area contributed by atoms with Crippen molar-refractivity contribution in [1.82, 2.24) is 4.98 Å². The van der Waals surface area contributed by atoms with E-state index in [0.29, 0.717) is 5.56 Å². The smallest absolute Gasteiger partial charge is 0.173 e. The van der Waals surface area contributed by atoms with Gasteiger partial charge in [0.25, 0.3) is 0 Å². The summed E-state index contributed by atoms with van der Waals surface area (Å²) < 4.78 is 5.80. The zero-order valence-electron chi connectivity index (χ0n) is 9.99. The molecule has 18 heavy (non-hydrogen) atoms. The lowest BCUT2D eigenvalue weighted by Gasteiger charge is -2.33. The van der Waals surface area contributed by atoms with Crippen LogP contribution >= 0.6 is 0 Å². The van der Waals surface area contributed by atoms with E-state index in [-0.39, 0.29) is 18.0 Å². The zero-order valence-corrected chi connectivity index (χ0v) is 9.99. The number of oxime groups is 1. The summed E-state index contributed by atoms with van der Waals surface area (Å²) in [6, 6.07) is 3.60. The monoisotopic (exact) mass is 248 g/mol. The Morgan fingerprint density at radius 2 is 2.17 bits per heavy atom. The van der Waals surface area contributed by atoms with Gasteiger partial charge in [0, 0.05) is 19.3 Å². The van der Waals surface area contributed by atoms with Gasteiger partial charge in [0.2, 0.25) is 0 Å². The van der Waals surface area contributed by atoms with Gasteiger partial charge in [-0.15, -0.1) is 0 Å². The van der Waals surface area contributed by atoms with Crippen molar-refractivity contribution in [3.63, 3.8) is 0 Å². The molecule has 6 nitrogen and oxygen atoms in total. The Kier molecular flexibility index (Phi) is 2.79. The summed E-state index contributed by atoms with van der Waals surface area (Å²) in [5.74, 6) is 0.866. The first-order chi connectivity index (χ1) is 8.78. The van der Waals surface area contributed by atoms with Gasteiger partial charge in [-0.1, -0.05) is 5.16 Å². The lowest BCUT2D eigenvalue weighted by atomic mass is 10.2. The number of nitrogens with zero attached hydrogens (tertiary/aromatic N) is 3. The molecule has 1 aromatic heterocycles. The summed E-state index contributed by atoms with van der Waals surface area (Å²) in [5.41, 5.74) is 6.36. The number of pyridine rings is 1. The second kappa shape index (κ2) is 4.45. The number of ether oxygens (including phenoxy) is 1. The molecule has 0 amide bonds. The number of amidine groups is 1. The zero-order chi connectivity index (χ0) is 12.5. The van der Waals surface area contributed by atoms with Crippen LogP contribution in [-0.4, -0.2) is 41.3 Å². The van der Waals surface area contributed by atoms with Crippen molar-refractivity contribution in [2.75, 3.05) is 18.0 Å². The number of hydrogen-bond donors (Lipinski definition) is 2. The second-order valence-corrected chi connectivity index (χ2v) is 4.72. The molecule has 96 valence electrons. The van der Waals surface area contributed by atoms with Crippen LogP contribution < -0.4 is 10.6 Å². The highest BCUT2D eigenvalue weighted by Gasteiger charge is 2.35. The number of nitrogens with two attached hydrogens (primary N) is 1. The molecule has 2 aliphatic rings. The van der Waals surface area contributed by atoms with Gasteiger partial charge in [-0.3, -0.25) is 0 Å². The summed E-state index contributed by atoms with van der Waals surface area (Å²) in [6.07, 6.45) is 4.50. The standard InChI is InChI=1S/C12H16N4O2/c13-11(15-17)10-2-1-5-14-12(10)16-6-8-3-4-9(7-16)18-8/h1-2,5,8-9,17H,3-4,6-7H2,(H2,13,15). The SMILES string of the molecule is NC(=NO)c1cccnc1N1CC2CCC(C1)O2. The van der Waals surface area contributed by atoms with E-state index in [2.05, 4.69) is 15.0 Å². The molecule has 2 aliphatic heterocycles. The highest BCUT2D eigenvalue weighted by Crippen LogP contribution is 2.30. The number of anilines is 1. The lowest BCUT2D eigenvalue weighted by Crippen LogP contribution is -2.43. The average Bonchev–Trinajstić information content (AvgIpc) is 2.76. The predicted molar refractivity (Wildman–Crippen MR) is 66.9 cm³/mol. The van der Waals surface area contributed by atoms with Crippen molar-refractivity contribution in [2.24, 2.45) is 10.9 Å². The fourth-order valence-corrected chi connectivity index (χ4v) is 2.69. The Morgan fingerprint density at radius 1 is 1.44 bits per heavy atom. The fraction of sp³-hybridized carbons (Fsp3) is 0.500. The first kappa shape index (κ1) is 11.3. The molecule has 0 radical (unpaired) electrons. The Labute approximate surface area is 105 Å². The van der Waals surface area contributed by atoms with Crippen LogP contribution in [-0.2, 0) is 4.74 Å². The summed E-state index contributed by atoms with van der Waals surface area (Å²) in [5, 5.41) is 11.9. The molecule has 0 saturated carbocycles. The summed E-state index contributed by atoms with van der Waals surface area (Å²) >= 11 is 0. The van der Waals surface area contributed by atoms with Crippen LogP contribution in [0, 0.1) is 0 Å². The van der Waals surface area contributed by atoms with Crippen molar-refractivity contribution < 1.29 is 9.94 Å². The maximum Gasteiger partial charge on any atom is 0.173 e. The first-order valence-electron chi connectivity index (χ1n) is 6.11. The minimum absolute atomic E-state index is 0.0944. The van der Waals surface area contributed by atoms with E-state index in [0.717, 1.165) is 31.7 Å². The molecule has 0 aliphatic carbocycles. The third-order valence-electron chi connectivity index (χ3n) is 3.51. The first-order valence-corrected chi connectivity index (χ1v) is 6.11. The van der Waals surface area contributed by atoms with Crippen molar-refractivity contribution in [1.29, 1.82) is 0 Å². The van der Waals surface area contributed by atoms with Crippen LogP contribution in [0.5, 0.6) is 0 Å². The van der Waals surface area contributed by atoms with Crippen molar-refractivity contribution in [2.45, 2.75) is 25.0 Å². The van der Waals surface area contributed by atoms with Crippen LogP contribution in [0.3, 0.4) is 0 Å². The van der Waals surface area contributed by atoms with E-state index in [1.165, 1.54) is 0 Å². The van der Waals surface area contributed by atoms with Crippen LogP contribution in [0.25, 0.3) is 0 Å². The van der Waals surface area contributed by atoms with Crippen molar-refractivity contribution in [3.05, 3.63) is 23.9 Å². The predicted octanol–water partition coefficient (Wildman–Crippen LogP) is 0.544. The Balaban J connectivity index is 1.92. The van der Waals surface area contributed by atoms with Crippen molar-refractivity contribution >= 4 is 11.7 Å². The molecule has 2 bridgehead atoms. The van der Waals surface area contributed by atoms with Gasteiger partial charge in [0.05, 0.1) is 17.8 Å². The van der Waals surface area contributed by atoms with E-state index in [9.17, 15) is 0 Å². The second-order valence-electron chi connectivity index (χ2n) is 4.72. The van der Waals surface area contributed by atoms with E-state index in [1.54, 1.807) is 12.3 Å². The number of fused-ring (bicyclic) bond motifs is 2. The van der Waals surface area contributed by atoms with E-state index in [1.807, 2.05) is 6.07 Å². The van der Waals surface area contributed by atoms with Gasteiger partial charge in [-0.05, 0) is 25.0 Å². The Bertz CT molecular complexity index is 465. The minimum atomic E-state index is 0.0944. The normalized spacial score (nSPS) is 27.6. The third-order valence-corrected chi connectivity index (χ3v) is 3.51. The molecule has 0 aromatic carbocycles. The van der Waals surface area contributed by atoms with Crippen LogP contribution in [0.4, 0.5) is 5.82 Å². The van der Waals surface area contributed by atoms with Crippen LogP contribution in [0.2, 0.25) is 0 Å². The molecule has 2 saturated heterocycles. The van der Waals surface area contributed by atoms with E-state index >= 15 is 0 Å². The van der Waals surface area contributed by atoms with Gasteiger partial charge in [-0.2, -0.15) is 0 Å². The van der Waals surface area contributed by atoms with Gasteiger partial charge in [0.1, 0.15) is 5.82 Å². The van der Waals surface area contributed by atoms with Gasteiger partial charge in [0.15, 0.2) is 5.84 Å². The Hall–Kier alpha value is -1.82. The highest BCUT2D eigenvalue weighted by atomic mass is 16.5. The van der Waals surface area contributed by atoms with E-state index < -0.39 is 0 Å². The molecule has 3 rings (SSSR count). The number of rotatable bonds is 2. The molecule has 2 fully saturated rings. The maximum absolute atomic E-state index is 8.82. The highest BCUT2D eigenvalue weighted by molar-refractivity contribution is 6.01. The quantitative estimate of drug-likeness (QED) is 0.345. The summed E-state index contributed by atoms with van der Waals surface area (Å²) in [6.45, 7) is 1.64. The maximum atomic E-state index is 8.82. The largest absolute Gasteiger partial charge is 0.409 e. The van der Waals surface area contributed by atoms with Gasteiger partial charge < -0.3 is 20.6 Å². The van der Waals surface area contributed by atoms with Crippen LogP contribution in [0.1, 0.15) is 18.4 Å². The molecule has 2 atom stereocenters. The minimum Gasteiger partial charge on any atom is -0.409 e. The topological polar surface area (TPSA) is 84.0 Å². The molecule has 0 spiro atoms. The molecule has 2 unspecified atom stereocenters. The summed E-state index contributed by atoms with van der Waals surface area (Å²) in [4.78, 5) is 6.53. The third kappa shape index (κ3) is 1.88. The number of hydrogen-bond acceptors (Lipinski definition) is 5. The molecular weight excluding hydrogens is 232 g/mol. The lowest BCUT2D eigenvalue weighted by molar-refractivity contribution is 0.0302. The van der Waals surface area contributed by atoms with Crippen LogP contribution in [0.15, 0.2) is 23.5 Å². The molecule has 3 N–H and O–H groups in total. The Morgan fingerprint density at radius 3 is 2.83 bits per heavy atom. The molecule has 3 heterocycles. The van der Waals surface area contributed by atoms with Gasteiger partial charge in [-0.25, -0.2) is 4.98 Å². The fourth-order valence-electron chi connectivity index (χ4n) is 2.69.